The minimum absolute atomic E-state index is 0.271. The molecule has 0 aromatic heterocycles. The first-order chi connectivity index (χ1) is 18.1. The first-order valence-corrected chi connectivity index (χ1v) is 14.0. The molecule has 0 radical (unpaired) electrons. The maximum absolute atomic E-state index is 13.6. The quantitative estimate of drug-likeness (QED) is 0.159. The zero-order valence-corrected chi connectivity index (χ0v) is 26.0. The molecule has 0 saturated carbocycles. The molecule has 0 rings (SSSR count). The first kappa shape index (κ1) is 37.3. The van der Waals surface area contributed by atoms with Crippen molar-refractivity contribution in [2.75, 3.05) is 0 Å². The molecule has 0 heterocycles. The number of hydrogen-bond donors (Lipinski definition) is 7. The van der Waals surface area contributed by atoms with E-state index in [1.165, 1.54) is 6.92 Å². The summed E-state index contributed by atoms with van der Waals surface area (Å²) in [6, 6.07) is -5.62. The molecule has 0 aromatic carbocycles. The van der Waals surface area contributed by atoms with Crippen molar-refractivity contribution in [3.05, 3.63) is 0 Å². The van der Waals surface area contributed by atoms with Gasteiger partial charge in [0, 0.05) is 0 Å². The second kappa shape index (κ2) is 15.3. The summed E-state index contributed by atoms with van der Waals surface area (Å²) < 4.78 is 0. The lowest BCUT2D eigenvalue weighted by Gasteiger charge is -2.35. The van der Waals surface area contributed by atoms with Gasteiger partial charge in [0.15, 0.2) is 6.04 Å². The summed E-state index contributed by atoms with van der Waals surface area (Å²) in [5.41, 5.74) is 4.77. The predicted octanol–water partition coefficient (Wildman–Crippen LogP) is 0.903. The van der Waals surface area contributed by atoms with Crippen molar-refractivity contribution in [2.45, 2.75) is 125 Å². The standard InChI is InChI=1S/C28H53N5O7/c1-12-14(3)17(22(35)32-19(16(5)34)26(39)40)31-25(38)21(28(9,10)11)33-23(36)18(15(4)13-2)30-24(37)20(29)27(6,7)8/h14-21,34H,12-13,29H2,1-11H3,(H,30,37)(H,31,38)(H,32,35)(H,33,36)(H,39,40)/t14-,15-,16+,17-,18-,19-,20+,21+/m0/s1. The van der Waals surface area contributed by atoms with Gasteiger partial charge in [0.1, 0.15) is 18.1 Å². The van der Waals surface area contributed by atoms with Crippen molar-refractivity contribution in [1.29, 1.82) is 0 Å². The third kappa shape index (κ3) is 11.0. The molecule has 8 N–H and O–H groups in total. The number of hydrogen-bond acceptors (Lipinski definition) is 7. The number of rotatable bonds is 14. The Bertz CT molecular complexity index is 894. The lowest BCUT2D eigenvalue weighted by Crippen LogP contribution is -2.63. The van der Waals surface area contributed by atoms with Gasteiger partial charge >= 0.3 is 5.97 Å². The number of carboxylic acids is 1. The van der Waals surface area contributed by atoms with Crippen molar-refractivity contribution in [2.24, 2.45) is 28.4 Å². The molecular formula is C28H53N5O7. The Morgan fingerprint density at radius 3 is 1.35 bits per heavy atom. The SMILES string of the molecule is CC[C@H](C)[C@H](NC(=O)[C@@H](N)C(C)(C)C)C(=O)N[C@H](C(=O)N[C@H](C(=O)N[C@H](C(=O)O)[C@@H](C)O)[C@@H](C)CC)C(C)(C)C. The lowest BCUT2D eigenvalue weighted by molar-refractivity contribution is -0.145. The third-order valence-corrected chi connectivity index (χ3v) is 7.26. The number of nitrogens with two attached hydrogens (primary N) is 1. The van der Waals surface area contributed by atoms with E-state index in [0.717, 1.165) is 0 Å². The van der Waals surface area contributed by atoms with E-state index in [4.69, 9.17) is 5.73 Å². The predicted molar refractivity (Wildman–Crippen MR) is 153 cm³/mol. The van der Waals surface area contributed by atoms with Gasteiger partial charge in [0.05, 0.1) is 12.1 Å². The normalized spacial score (nSPS) is 18.1. The van der Waals surface area contributed by atoms with Crippen LogP contribution in [0.5, 0.6) is 0 Å². The van der Waals surface area contributed by atoms with Crippen LogP contribution in [0.15, 0.2) is 0 Å². The first-order valence-electron chi connectivity index (χ1n) is 14.0. The highest BCUT2D eigenvalue weighted by Gasteiger charge is 2.40. The zero-order chi connectivity index (χ0) is 31.7. The molecule has 0 saturated heterocycles. The van der Waals surface area contributed by atoms with Gasteiger partial charge in [-0.3, -0.25) is 19.2 Å². The number of aliphatic hydroxyl groups is 1. The van der Waals surface area contributed by atoms with Crippen LogP contribution >= 0.6 is 0 Å². The van der Waals surface area contributed by atoms with Gasteiger partial charge in [-0.15, -0.1) is 0 Å². The molecular weight excluding hydrogens is 518 g/mol. The van der Waals surface area contributed by atoms with Crippen molar-refractivity contribution in [1.82, 2.24) is 21.3 Å². The van der Waals surface area contributed by atoms with Crippen LogP contribution in [0.3, 0.4) is 0 Å². The maximum atomic E-state index is 13.6. The maximum Gasteiger partial charge on any atom is 0.328 e. The van der Waals surface area contributed by atoms with Gasteiger partial charge in [-0.05, 0) is 29.6 Å². The van der Waals surface area contributed by atoms with Crippen molar-refractivity contribution in [3.8, 4) is 0 Å². The van der Waals surface area contributed by atoms with Gasteiger partial charge in [0.25, 0.3) is 0 Å². The Labute approximate surface area is 239 Å². The van der Waals surface area contributed by atoms with Crippen LogP contribution in [0.25, 0.3) is 0 Å². The van der Waals surface area contributed by atoms with Gasteiger partial charge in [-0.2, -0.15) is 0 Å². The van der Waals surface area contributed by atoms with E-state index in [1.807, 2.05) is 41.5 Å². The van der Waals surface area contributed by atoms with E-state index in [0.29, 0.717) is 12.8 Å². The highest BCUT2D eigenvalue weighted by molar-refractivity contribution is 5.96. The number of amides is 4. The number of carbonyl (C=O) groups excluding carboxylic acids is 4. The fourth-order valence-corrected chi connectivity index (χ4v) is 3.82. The molecule has 0 spiro atoms. The van der Waals surface area contributed by atoms with E-state index in [9.17, 15) is 34.2 Å². The summed E-state index contributed by atoms with van der Waals surface area (Å²) in [6.07, 6.45) is -0.316. The summed E-state index contributed by atoms with van der Waals surface area (Å²) in [5, 5.41) is 29.6. The Morgan fingerprint density at radius 1 is 0.650 bits per heavy atom. The molecule has 0 aromatic rings. The smallest absolute Gasteiger partial charge is 0.328 e. The number of nitrogens with one attached hydrogen (secondary N) is 4. The van der Waals surface area contributed by atoms with E-state index < -0.39 is 82.7 Å². The topological polar surface area (TPSA) is 200 Å². The highest BCUT2D eigenvalue weighted by Crippen LogP contribution is 2.22. The molecule has 0 bridgehead atoms. The van der Waals surface area contributed by atoms with Gasteiger partial charge in [-0.1, -0.05) is 82.1 Å². The zero-order valence-electron chi connectivity index (χ0n) is 26.0. The lowest BCUT2D eigenvalue weighted by atomic mass is 9.84. The fourth-order valence-electron chi connectivity index (χ4n) is 3.82. The summed E-state index contributed by atoms with van der Waals surface area (Å²) in [4.78, 5) is 64.5. The molecule has 0 aliphatic rings. The summed E-state index contributed by atoms with van der Waals surface area (Å²) in [6.45, 7) is 19.2. The molecule has 0 aliphatic carbocycles. The molecule has 0 aliphatic heterocycles. The molecule has 0 fully saturated rings. The average molecular weight is 572 g/mol. The molecule has 12 nitrogen and oxygen atoms in total. The second-order valence-electron chi connectivity index (χ2n) is 13.0. The van der Waals surface area contributed by atoms with Crippen molar-refractivity contribution >= 4 is 29.6 Å². The van der Waals surface area contributed by atoms with Crippen LogP contribution in [-0.2, 0) is 24.0 Å². The van der Waals surface area contributed by atoms with Crippen molar-refractivity contribution in [3.63, 3.8) is 0 Å². The Hall–Kier alpha value is -2.73. The number of carbonyl (C=O) groups is 5. The Balaban J connectivity index is 6.09. The van der Waals surface area contributed by atoms with Crippen molar-refractivity contribution < 1.29 is 34.2 Å². The fraction of sp³-hybridized carbons (Fsp3) is 0.821. The number of aliphatic hydroxyl groups excluding tert-OH is 1. The third-order valence-electron chi connectivity index (χ3n) is 7.26. The van der Waals surface area contributed by atoms with Crippen LogP contribution in [0.2, 0.25) is 0 Å². The van der Waals surface area contributed by atoms with Crippen LogP contribution in [0.1, 0.15) is 89.0 Å². The largest absolute Gasteiger partial charge is 0.480 e. The Kier molecular flexibility index (Phi) is 14.3. The van der Waals surface area contributed by atoms with Gasteiger partial charge < -0.3 is 37.2 Å². The summed E-state index contributed by atoms with van der Waals surface area (Å²) in [5.74, 6) is -4.54. The number of carboxylic acid groups (broad SMARTS) is 1. The molecule has 40 heavy (non-hydrogen) atoms. The van der Waals surface area contributed by atoms with Gasteiger partial charge in [-0.25, -0.2) is 4.79 Å². The van der Waals surface area contributed by atoms with Gasteiger partial charge in [0.2, 0.25) is 23.6 Å². The molecule has 8 atom stereocenters. The number of aliphatic carboxylic acids is 1. The molecule has 4 amide bonds. The van der Waals surface area contributed by atoms with E-state index in [2.05, 4.69) is 21.3 Å². The van der Waals surface area contributed by atoms with Crippen LogP contribution in [0, 0.1) is 22.7 Å². The summed E-state index contributed by atoms with van der Waals surface area (Å²) in [7, 11) is 0. The van der Waals surface area contributed by atoms with Crippen LogP contribution in [0.4, 0.5) is 0 Å². The summed E-state index contributed by atoms with van der Waals surface area (Å²) >= 11 is 0. The second-order valence-corrected chi connectivity index (χ2v) is 13.0. The monoisotopic (exact) mass is 571 g/mol. The Morgan fingerprint density at radius 2 is 1.02 bits per heavy atom. The minimum atomic E-state index is -1.56. The van der Waals surface area contributed by atoms with Crippen LogP contribution in [-0.4, -0.2) is 76.1 Å². The van der Waals surface area contributed by atoms with Crippen LogP contribution < -0.4 is 27.0 Å². The minimum Gasteiger partial charge on any atom is -0.480 e. The average Bonchev–Trinajstić information content (AvgIpc) is 2.83. The molecule has 0 unspecified atom stereocenters. The van der Waals surface area contributed by atoms with E-state index >= 15 is 0 Å². The van der Waals surface area contributed by atoms with E-state index in [-0.39, 0.29) is 5.92 Å². The molecule has 12 heteroatoms. The highest BCUT2D eigenvalue weighted by atomic mass is 16.4. The molecule has 232 valence electrons. The van der Waals surface area contributed by atoms with E-state index in [1.54, 1.807) is 27.7 Å².